The molecule has 3 aromatic rings. The molecule has 0 fully saturated rings. The van der Waals surface area contributed by atoms with Gasteiger partial charge in [0.15, 0.2) is 5.65 Å². The van der Waals surface area contributed by atoms with Gasteiger partial charge in [-0.3, -0.25) is 4.79 Å². The first-order chi connectivity index (χ1) is 12.4. The lowest BCUT2D eigenvalue weighted by molar-refractivity contribution is 0.0952. The van der Waals surface area contributed by atoms with Crippen molar-refractivity contribution in [2.45, 2.75) is 46.2 Å². The predicted molar refractivity (Wildman–Crippen MR) is 99.6 cm³/mol. The number of rotatable bonds is 5. The molecule has 2 aromatic heterocycles. The van der Waals surface area contributed by atoms with Crippen LogP contribution in [0.5, 0.6) is 0 Å². The molecular weight excluding hydrogens is 331 g/mol. The largest absolute Gasteiger partial charge is 0.348 e. The fourth-order valence-corrected chi connectivity index (χ4v) is 2.81. The van der Waals surface area contributed by atoms with E-state index in [1.54, 1.807) is 30.5 Å². The van der Waals surface area contributed by atoms with Gasteiger partial charge in [-0.05, 0) is 31.9 Å². The highest BCUT2D eigenvalue weighted by atomic mass is 19.1. The Hall–Kier alpha value is -2.76. The molecule has 0 atom stereocenters. The quantitative estimate of drug-likeness (QED) is 0.747. The highest BCUT2D eigenvalue weighted by Gasteiger charge is 2.19. The van der Waals surface area contributed by atoms with Gasteiger partial charge in [-0.2, -0.15) is 5.10 Å². The summed E-state index contributed by atoms with van der Waals surface area (Å²) in [5.41, 5.74) is 2.49. The van der Waals surface area contributed by atoms with E-state index in [4.69, 9.17) is 4.98 Å². The molecule has 6 heteroatoms. The zero-order valence-corrected chi connectivity index (χ0v) is 15.5. The summed E-state index contributed by atoms with van der Waals surface area (Å²) < 4.78 is 15.6. The third kappa shape index (κ3) is 3.45. The third-order valence-electron chi connectivity index (χ3n) is 4.31. The summed E-state index contributed by atoms with van der Waals surface area (Å²) in [6.07, 6.45) is 1.67. The second kappa shape index (κ2) is 7.23. The molecule has 1 aromatic carbocycles. The molecule has 0 aliphatic heterocycles. The fraction of sp³-hybridized carbons (Fsp3) is 0.350. The Labute approximate surface area is 152 Å². The number of pyridine rings is 1. The highest BCUT2D eigenvalue weighted by Crippen LogP contribution is 2.24. The number of fused-ring (bicyclic) bond motifs is 1. The Balaban J connectivity index is 1.97. The van der Waals surface area contributed by atoms with Gasteiger partial charge in [0.25, 0.3) is 5.91 Å². The van der Waals surface area contributed by atoms with Crippen molar-refractivity contribution in [3.8, 4) is 0 Å². The van der Waals surface area contributed by atoms with Crippen molar-refractivity contribution in [1.82, 2.24) is 20.1 Å². The maximum absolute atomic E-state index is 13.8. The molecule has 0 saturated carbocycles. The first-order valence-electron chi connectivity index (χ1n) is 8.78. The first kappa shape index (κ1) is 18.0. The predicted octanol–water partition coefficient (Wildman–Crippen LogP) is 4.20. The SMILES string of the molecule is CC(C)c1cc(C(=O)NCc2ccccc2F)c2cnn(C(C)C)c2n1. The van der Waals surface area contributed by atoms with Gasteiger partial charge in [0.2, 0.25) is 0 Å². The lowest BCUT2D eigenvalue weighted by atomic mass is 10.0. The molecule has 0 unspecified atom stereocenters. The van der Waals surface area contributed by atoms with Crippen LogP contribution in [0.4, 0.5) is 4.39 Å². The first-order valence-corrected chi connectivity index (χ1v) is 8.78. The van der Waals surface area contributed by atoms with Gasteiger partial charge in [-0.25, -0.2) is 14.1 Å². The highest BCUT2D eigenvalue weighted by molar-refractivity contribution is 6.05. The zero-order chi connectivity index (χ0) is 18.8. The van der Waals surface area contributed by atoms with Crippen LogP contribution in [0.3, 0.4) is 0 Å². The summed E-state index contributed by atoms with van der Waals surface area (Å²) in [6, 6.07) is 8.36. The van der Waals surface area contributed by atoms with Crippen LogP contribution in [0.25, 0.3) is 11.0 Å². The van der Waals surface area contributed by atoms with E-state index in [9.17, 15) is 9.18 Å². The lowest BCUT2D eigenvalue weighted by Gasteiger charge is -2.12. The second-order valence-electron chi connectivity index (χ2n) is 6.94. The van der Waals surface area contributed by atoms with Crippen molar-refractivity contribution in [2.75, 3.05) is 0 Å². The van der Waals surface area contributed by atoms with Crippen LogP contribution < -0.4 is 5.32 Å². The molecule has 136 valence electrons. The molecule has 0 bridgehead atoms. The van der Waals surface area contributed by atoms with E-state index in [-0.39, 0.29) is 30.2 Å². The Bertz CT molecular complexity index is 946. The van der Waals surface area contributed by atoms with E-state index in [1.165, 1.54) is 6.07 Å². The van der Waals surface area contributed by atoms with Crippen LogP contribution in [0.1, 0.15) is 61.3 Å². The van der Waals surface area contributed by atoms with Gasteiger partial charge in [-0.15, -0.1) is 0 Å². The smallest absolute Gasteiger partial charge is 0.252 e. The zero-order valence-electron chi connectivity index (χ0n) is 15.5. The number of benzene rings is 1. The molecule has 0 spiro atoms. The molecule has 0 aliphatic carbocycles. The van der Waals surface area contributed by atoms with Crippen LogP contribution in [0, 0.1) is 5.82 Å². The van der Waals surface area contributed by atoms with E-state index in [0.29, 0.717) is 22.2 Å². The van der Waals surface area contributed by atoms with Crippen LogP contribution in [-0.4, -0.2) is 20.7 Å². The number of halogens is 1. The second-order valence-corrected chi connectivity index (χ2v) is 6.94. The number of nitrogens with one attached hydrogen (secondary N) is 1. The standard InChI is InChI=1S/C20H23FN4O/c1-12(2)18-9-15(16-11-23-25(13(3)4)19(16)24-18)20(26)22-10-14-7-5-6-8-17(14)21/h5-9,11-13H,10H2,1-4H3,(H,22,26). The number of aromatic nitrogens is 3. The summed E-state index contributed by atoms with van der Waals surface area (Å²) >= 11 is 0. The number of hydrogen-bond donors (Lipinski definition) is 1. The van der Waals surface area contributed by atoms with Crippen molar-refractivity contribution in [3.05, 3.63) is 59.2 Å². The van der Waals surface area contributed by atoms with E-state index >= 15 is 0 Å². The summed E-state index contributed by atoms with van der Waals surface area (Å²) in [7, 11) is 0. The van der Waals surface area contributed by atoms with Crippen LogP contribution in [0.2, 0.25) is 0 Å². The number of hydrogen-bond acceptors (Lipinski definition) is 3. The molecule has 2 heterocycles. The monoisotopic (exact) mass is 354 g/mol. The average Bonchev–Trinajstić information content (AvgIpc) is 3.04. The van der Waals surface area contributed by atoms with Gasteiger partial charge in [-0.1, -0.05) is 32.0 Å². The van der Waals surface area contributed by atoms with Gasteiger partial charge in [0.1, 0.15) is 5.82 Å². The molecular formula is C20H23FN4O. The molecule has 1 amide bonds. The molecule has 3 rings (SSSR count). The van der Waals surface area contributed by atoms with E-state index in [1.807, 2.05) is 32.4 Å². The molecule has 1 N–H and O–H groups in total. The summed E-state index contributed by atoms with van der Waals surface area (Å²) in [6.45, 7) is 8.24. The van der Waals surface area contributed by atoms with Gasteiger partial charge >= 0.3 is 0 Å². The molecule has 0 saturated heterocycles. The maximum atomic E-state index is 13.8. The van der Waals surface area contributed by atoms with Crippen molar-refractivity contribution in [2.24, 2.45) is 0 Å². The van der Waals surface area contributed by atoms with E-state index in [2.05, 4.69) is 10.4 Å². The van der Waals surface area contributed by atoms with Crippen LogP contribution in [0.15, 0.2) is 36.5 Å². The van der Waals surface area contributed by atoms with E-state index in [0.717, 1.165) is 5.69 Å². The summed E-state index contributed by atoms with van der Waals surface area (Å²) in [5.74, 6) is -0.415. The van der Waals surface area contributed by atoms with Crippen LogP contribution >= 0.6 is 0 Å². The number of amides is 1. The molecule has 0 radical (unpaired) electrons. The Morgan fingerprint density at radius 3 is 2.62 bits per heavy atom. The minimum atomic E-state index is -0.330. The number of nitrogens with zero attached hydrogens (tertiary/aromatic N) is 3. The van der Waals surface area contributed by atoms with Gasteiger partial charge < -0.3 is 5.32 Å². The normalized spacial score (nSPS) is 11.5. The number of carbonyl (C=O) groups is 1. The maximum Gasteiger partial charge on any atom is 0.252 e. The van der Waals surface area contributed by atoms with Gasteiger partial charge in [0.05, 0.1) is 17.1 Å². The molecule has 0 aliphatic rings. The van der Waals surface area contributed by atoms with Gasteiger partial charge in [0, 0.05) is 23.8 Å². The lowest BCUT2D eigenvalue weighted by Crippen LogP contribution is -2.24. The van der Waals surface area contributed by atoms with Crippen molar-refractivity contribution in [1.29, 1.82) is 0 Å². The average molecular weight is 354 g/mol. The van der Waals surface area contributed by atoms with Crippen molar-refractivity contribution >= 4 is 16.9 Å². The Kier molecular flexibility index (Phi) is 5.02. The molecule has 5 nitrogen and oxygen atoms in total. The van der Waals surface area contributed by atoms with E-state index < -0.39 is 0 Å². The minimum Gasteiger partial charge on any atom is -0.348 e. The fourth-order valence-electron chi connectivity index (χ4n) is 2.81. The Morgan fingerprint density at radius 2 is 1.96 bits per heavy atom. The third-order valence-corrected chi connectivity index (χ3v) is 4.31. The number of carbonyl (C=O) groups excluding carboxylic acids is 1. The Morgan fingerprint density at radius 1 is 1.23 bits per heavy atom. The molecule has 26 heavy (non-hydrogen) atoms. The van der Waals surface area contributed by atoms with Crippen molar-refractivity contribution in [3.63, 3.8) is 0 Å². The summed E-state index contributed by atoms with van der Waals surface area (Å²) in [5, 5.41) is 7.90. The van der Waals surface area contributed by atoms with Crippen LogP contribution in [-0.2, 0) is 6.54 Å². The minimum absolute atomic E-state index is 0.130. The van der Waals surface area contributed by atoms with Crippen molar-refractivity contribution < 1.29 is 9.18 Å². The topological polar surface area (TPSA) is 59.8 Å². The summed E-state index contributed by atoms with van der Waals surface area (Å²) in [4.78, 5) is 17.5.